The maximum absolute atomic E-state index is 13.2. The van der Waals surface area contributed by atoms with Gasteiger partial charge in [0.15, 0.2) is 5.76 Å². The zero-order valence-electron chi connectivity index (χ0n) is 18.4. The number of rotatable bonds is 6. The minimum Gasteiger partial charge on any atom is -0.461 e. The summed E-state index contributed by atoms with van der Waals surface area (Å²) < 4.78 is 12.2. The van der Waals surface area contributed by atoms with Gasteiger partial charge >= 0.3 is 5.97 Å². The van der Waals surface area contributed by atoms with E-state index < -0.39 is 5.97 Å². The minimum absolute atomic E-state index is 0.259. The SMILES string of the molecule is O=C(C=Cc1ccccc1)Oc1ccccc1C=Nn1c(-c2ccco2)nc2ccccc2c1=O. The molecule has 0 aliphatic heterocycles. The molecule has 7 nitrogen and oxygen atoms in total. The molecule has 0 saturated carbocycles. The van der Waals surface area contributed by atoms with Crippen LogP contribution in [0.5, 0.6) is 5.75 Å². The molecule has 0 radical (unpaired) electrons. The van der Waals surface area contributed by atoms with Crippen LogP contribution in [0, 0.1) is 0 Å². The van der Waals surface area contributed by atoms with E-state index in [2.05, 4.69) is 10.1 Å². The van der Waals surface area contributed by atoms with Gasteiger partial charge in [-0.1, -0.05) is 54.6 Å². The van der Waals surface area contributed by atoms with Crippen LogP contribution >= 0.6 is 0 Å². The number of furan rings is 1. The van der Waals surface area contributed by atoms with Gasteiger partial charge < -0.3 is 9.15 Å². The van der Waals surface area contributed by atoms with Crippen molar-refractivity contribution in [1.29, 1.82) is 0 Å². The molecule has 0 fully saturated rings. The van der Waals surface area contributed by atoms with E-state index in [-0.39, 0.29) is 11.4 Å². The van der Waals surface area contributed by atoms with Gasteiger partial charge in [-0.05, 0) is 48.0 Å². The van der Waals surface area contributed by atoms with E-state index >= 15 is 0 Å². The number of hydrogen-bond acceptors (Lipinski definition) is 6. The summed E-state index contributed by atoms with van der Waals surface area (Å²) >= 11 is 0. The van der Waals surface area contributed by atoms with Crippen LogP contribution in [0.15, 0.2) is 118 Å². The number of ether oxygens (including phenoxy) is 1. The molecule has 5 aromatic rings. The summed E-state index contributed by atoms with van der Waals surface area (Å²) in [5.41, 5.74) is 1.58. The molecule has 0 saturated heterocycles. The predicted molar refractivity (Wildman–Crippen MR) is 134 cm³/mol. The summed E-state index contributed by atoms with van der Waals surface area (Å²) in [7, 11) is 0. The van der Waals surface area contributed by atoms with Crippen molar-refractivity contribution in [2.45, 2.75) is 0 Å². The van der Waals surface area contributed by atoms with Gasteiger partial charge in [0.1, 0.15) is 5.75 Å². The Labute approximate surface area is 200 Å². The molecule has 170 valence electrons. The molecule has 0 unspecified atom stereocenters. The number of carbonyl (C=O) groups is 1. The summed E-state index contributed by atoms with van der Waals surface area (Å²) in [5.74, 6) is 0.432. The number of fused-ring (bicyclic) bond motifs is 1. The number of esters is 1. The standard InChI is InChI=1S/C28H19N3O4/c32-26(17-16-20-9-2-1-3-10-20)35-24-14-7-4-11-21(24)19-29-31-27(25-15-8-18-34-25)30-23-13-6-5-12-22(23)28(31)33/h1-19H. The summed E-state index contributed by atoms with van der Waals surface area (Å²) in [5, 5.41) is 4.81. The minimum atomic E-state index is -0.532. The van der Waals surface area contributed by atoms with Gasteiger partial charge in [0, 0.05) is 11.6 Å². The van der Waals surface area contributed by atoms with Crippen LogP contribution in [0.3, 0.4) is 0 Å². The van der Waals surface area contributed by atoms with E-state index in [1.807, 2.05) is 36.4 Å². The van der Waals surface area contributed by atoms with E-state index in [9.17, 15) is 9.59 Å². The summed E-state index contributed by atoms with van der Waals surface area (Å²) in [6.45, 7) is 0. The smallest absolute Gasteiger partial charge is 0.336 e. The highest BCUT2D eigenvalue weighted by molar-refractivity contribution is 5.91. The van der Waals surface area contributed by atoms with Gasteiger partial charge in [0.05, 0.1) is 23.4 Å². The van der Waals surface area contributed by atoms with Crippen molar-refractivity contribution in [2.24, 2.45) is 5.10 Å². The molecule has 35 heavy (non-hydrogen) atoms. The Hall–Kier alpha value is -5.04. The van der Waals surface area contributed by atoms with Crippen molar-refractivity contribution in [3.8, 4) is 17.3 Å². The Morgan fingerprint density at radius 3 is 2.51 bits per heavy atom. The van der Waals surface area contributed by atoms with Gasteiger partial charge in [0.2, 0.25) is 5.82 Å². The Morgan fingerprint density at radius 2 is 1.69 bits per heavy atom. The van der Waals surface area contributed by atoms with Crippen molar-refractivity contribution in [2.75, 3.05) is 0 Å². The average Bonchev–Trinajstić information content (AvgIpc) is 3.43. The lowest BCUT2D eigenvalue weighted by molar-refractivity contribution is -0.128. The molecule has 7 heteroatoms. The monoisotopic (exact) mass is 461 g/mol. The lowest BCUT2D eigenvalue weighted by atomic mass is 10.2. The zero-order valence-corrected chi connectivity index (χ0v) is 18.4. The van der Waals surface area contributed by atoms with E-state index in [4.69, 9.17) is 9.15 Å². The Morgan fingerprint density at radius 1 is 0.914 bits per heavy atom. The number of para-hydroxylation sites is 2. The Kier molecular flexibility index (Phi) is 6.13. The normalized spacial score (nSPS) is 11.4. The van der Waals surface area contributed by atoms with Crippen molar-refractivity contribution >= 4 is 29.2 Å². The molecule has 0 bridgehead atoms. The average molecular weight is 461 g/mol. The van der Waals surface area contributed by atoms with Gasteiger partial charge in [-0.3, -0.25) is 4.79 Å². The van der Waals surface area contributed by atoms with Crippen LogP contribution < -0.4 is 10.3 Å². The maximum Gasteiger partial charge on any atom is 0.336 e. The first-order valence-corrected chi connectivity index (χ1v) is 10.8. The number of aromatic nitrogens is 2. The van der Waals surface area contributed by atoms with Crippen LogP contribution in [0.4, 0.5) is 0 Å². The largest absolute Gasteiger partial charge is 0.461 e. The predicted octanol–water partition coefficient (Wildman–Crippen LogP) is 5.16. The number of carbonyl (C=O) groups excluding carboxylic acids is 1. The van der Waals surface area contributed by atoms with Crippen molar-refractivity contribution < 1.29 is 13.9 Å². The van der Waals surface area contributed by atoms with Crippen LogP contribution in [0.25, 0.3) is 28.6 Å². The fourth-order valence-electron chi connectivity index (χ4n) is 3.47. The molecule has 2 heterocycles. The molecule has 0 N–H and O–H groups in total. The van der Waals surface area contributed by atoms with Gasteiger partial charge in [-0.2, -0.15) is 9.78 Å². The molecule has 3 aromatic carbocycles. The van der Waals surface area contributed by atoms with Crippen molar-refractivity contribution in [3.63, 3.8) is 0 Å². The van der Waals surface area contributed by atoms with E-state index in [1.54, 1.807) is 60.7 Å². The van der Waals surface area contributed by atoms with Gasteiger partial charge in [-0.15, -0.1) is 0 Å². The van der Waals surface area contributed by atoms with Gasteiger partial charge in [0.25, 0.3) is 5.56 Å². The first-order chi connectivity index (χ1) is 17.2. The number of hydrogen-bond donors (Lipinski definition) is 0. The quantitative estimate of drug-likeness (QED) is 0.151. The fraction of sp³-hybridized carbons (Fsp3) is 0. The molecule has 0 amide bonds. The number of nitrogens with zero attached hydrogens (tertiary/aromatic N) is 3. The third-order valence-electron chi connectivity index (χ3n) is 5.15. The molecule has 5 rings (SSSR count). The Bertz CT molecular complexity index is 1600. The Balaban J connectivity index is 1.48. The van der Waals surface area contributed by atoms with Crippen LogP contribution in [0.1, 0.15) is 11.1 Å². The highest BCUT2D eigenvalue weighted by Crippen LogP contribution is 2.20. The van der Waals surface area contributed by atoms with Crippen LogP contribution in [-0.2, 0) is 4.79 Å². The highest BCUT2D eigenvalue weighted by atomic mass is 16.5. The number of benzene rings is 3. The second kappa shape index (κ2) is 9.84. The summed E-state index contributed by atoms with van der Waals surface area (Å²) in [6, 6.07) is 26.8. The third-order valence-corrected chi connectivity index (χ3v) is 5.15. The van der Waals surface area contributed by atoms with Crippen LogP contribution in [0.2, 0.25) is 0 Å². The van der Waals surface area contributed by atoms with Crippen molar-refractivity contribution in [3.05, 3.63) is 125 Å². The molecule has 0 atom stereocenters. The first kappa shape index (κ1) is 21.8. The second-order valence-corrected chi connectivity index (χ2v) is 7.49. The zero-order chi connectivity index (χ0) is 24.0. The molecule has 0 aliphatic carbocycles. The van der Waals surface area contributed by atoms with E-state index in [0.717, 1.165) is 5.56 Å². The second-order valence-electron chi connectivity index (χ2n) is 7.49. The van der Waals surface area contributed by atoms with Crippen molar-refractivity contribution in [1.82, 2.24) is 9.66 Å². The fourth-order valence-corrected chi connectivity index (χ4v) is 3.47. The molecule has 2 aromatic heterocycles. The lowest BCUT2D eigenvalue weighted by Crippen LogP contribution is -2.20. The maximum atomic E-state index is 13.2. The van der Waals surface area contributed by atoms with E-state index in [1.165, 1.54) is 23.2 Å². The molecular formula is C28H19N3O4. The highest BCUT2D eigenvalue weighted by Gasteiger charge is 2.14. The molecular weight excluding hydrogens is 442 g/mol. The summed E-state index contributed by atoms with van der Waals surface area (Å²) in [4.78, 5) is 30.2. The lowest BCUT2D eigenvalue weighted by Gasteiger charge is -2.08. The topological polar surface area (TPSA) is 86.7 Å². The van der Waals surface area contributed by atoms with Crippen LogP contribution in [-0.4, -0.2) is 21.8 Å². The summed E-state index contributed by atoms with van der Waals surface area (Å²) in [6.07, 6.45) is 5.99. The van der Waals surface area contributed by atoms with Gasteiger partial charge in [-0.25, -0.2) is 9.78 Å². The van der Waals surface area contributed by atoms with E-state index in [0.29, 0.717) is 28.0 Å². The molecule has 0 aliphatic rings. The molecule has 0 spiro atoms. The third kappa shape index (κ3) is 4.84. The first-order valence-electron chi connectivity index (χ1n) is 10.8.